The number of hydrogen-bond acceptors (Lipinski definition) is 4. The van der Waals surface area contributed by atoms with Gasteiger partial charge in [0, 0.05) is 13.1 Å². The molecule has 4 rings (SSSR count). The van der Waals surface area contributed by atoms with Gasteiger partial charge in [-0.05, 0) is 85.8 Å². The highest BCUT2D eigenvalue weighted by molar-refractivity contribution is 6.39. The van der Waals surface area contributed by atoms with E-state index in [1.807, 2.05) is 12.1 Å². The van der Waals surface area contributed by atoms with Gasteiger partial charge in [-0.2, -0.15) is 0 Å². The van der Waals surface area contributed by atoms with Crippen molar-refractivity contribution in [1.29, 1.82) is 0 Å². The summed E-state index contributed by atoms with van der Waals surface area (Å²) in [7, 11) is 2.08. The number of nitrogens with zero attached hydrogens (tertiary/aromatic N) is 3. The number of carboxylic acids is 1. The van der Waals surface area contributed by atoms with Crippen LogP contribution in [-0.4, -0.2) is 51.4 Å². The van der Waals surface area contributed by atoms with Gasteiger partial charge in [0.15, 0.2) is 5.84 Å². The van der Waals surface area contributed by atoms with E-state index in [1.54, 1.807) is 12.1 Å². The molecule has 1 N–H and O–H groups in total. The minimum atomic E-state index is -0.929. The molecule has 0 saturated heterocycles. The van der Waals surface area contributed by atoms with Crippen LogP contribution in [0.15, 0.2) is 29.3 Å². The molecular weight excluding hydrogens is 486 g/mol. The molecule has 39 heavy (non-hydrogen) atoms. The van der Waals surface area contributed by atoms with Gasteiger partial charge in [-0.1, -0.05) is 72.9 Å². The molecule has 1 aromatic rings. The first-order chi connectivity index (χ1) is 18.2. The van der Waals surface area contributed by atoms with E-state index in [0.29, 0.717) is 17.8 Å². The van der Waals surface area contributed by atoms with Crippen LogP contribution in [0.5, 0.6) is 0 Å². The van der Waals surface area contributed by atoms with Crippen LogP contribution in [0, 0.1) is 16.7 Å². The second kappa shape index (κ2) is 11.2. The van der Waals surface area contributed by atoms with Crippen LogP contribution in [0.25, 0.3) is 0 Å². The number of benzene rings is 1. The number of carbonyl (C=O) groups excluding carboxylic acids is 1. The number of aromatic carboxylic acids is 1. The van der Waals surface area contributed by atoms with Gasteiger partial charge < -0.3 is 14.9 Å². The van der Waals surface area contributed by atoms with Crippen molar-refractivity contribution in [2.45, 2.75) is 130 Å². The van der Waals surface area contributed by atoms with Gasteiger partial charge in [-0.15, -0.1) is 0 Å². The van der Waals surface area contributed by atoms with Gasteiger partial charge in [0.1, 0.15) is 5.66 Å². The van der Waals surface area contributed by atoms with Crippen molar-refractivity contribution in [3.8, 4) is 0 Å². The Hall–Kier alpha value is -2.37. The van der Waals surface area contributed by atoms with Crippen molar-refractivity contribution in [2.75, 3.05) is 7.05 Å². The SMILES string of the molecule is CN(C1=NC2(CCC(C(C)(C)C)CC2)N([C@H](CCC(C)(C)C)c2ccc(C(=O)O)cc2)C1=O)C1CCCCC1. The lowest BCUT2D eigenvalue weighted by molar-refractivity contribution is -0.134. The molecule has 1 amide bonds. The molecule has 6 nitrogen and oxygen atoms in total. The highest BCUT2D eigenvalue weighted by Crippen LogP contribution is 2.50. The van der Waals surface area contributed by atoms with E-state index in [0.717, 1.165) is 56.9 Å². The van der Waals surface area contributed by atoms with E-state index in [-0.39, 0.29) is 28.3 Å². The number of likely N-dealkylation sites (N-methyl/N-ethyl adjacent to an activating group) is 1. The van der Waals surface area contributed by atoms with Crippen LogP contribution in [0.2, 0.25) is 0 Å². The number of hydrogen-bond donors (Lipinski definition) is 1. The average Bonchev–Trinajstić information content (AvgIpc) is 3.15. The summed E-state index contributed by atoms with van der Waals surface area (Å²) in [6.45, 7) is 13.7. The van der Waals surface area contributed by atoms with Crippen molar-refractivity contribution >= 4 is 17.7 Å². The molecule has 2 saturated carbocycles. The van der Waals surface area contributed by atoms with Crippen LogP contribution < -0.4 is 0 Å². The van der Waals surface area contributed by atoms with Crippen LogP contribution >= 0.6 is 0 Å². The van der Waals surface area contributed by atoms with E-state index in [1.165, 1.54) is 19.3 Å². The standard InChI is InChI=1S/C33H51N3O3/c1-31(2,3)20-19-27(23-13-15-24(16-14-23)30(38)39)36-29(37)28(35(7)26-11-9-8-10-12-26)34-33(36)21-17-25(18-22-33)32(4,5)6/h13-16,25-27H,8-12,17-22H2,1-7H3,(H,38,39)/t25?,27-,33?/m1/s1. The molecule has 0 aromatic heterocycles. The maximum Gasteiger partial charge on any atom is 0.335 e. The summed E-state index contributed by atoms with van der Waals surface area (Å²) in [5, 5.41) is 9.50. The van der Waals surface area contributed by atoms with E-state index in [2.05, 4.69) is 58.4 Å². The summed E-state index contributed by atoms with van der Waals surface area (Å²) in [5.74, 6) is 0.373. The van der Waals surface area contributed by atoms with Gasteiger partial charge in [0.25, 0.3) is 5.91 Å². The van der Waals surface area contributed by atoms with Crippen molar-refractivity contribution in [2.24, 2.45) is 21.7 Å². The van der Waals surface area contributed by atoms with E-state index in [9.17, 15) is 14.7 Å². The molecule has 0 radical (unpaired) electrons. The van der Waals surface area contributed by atoms with Crippen molar-refractivity contribution in [1.82, 2.24) is 9.80 Å². The lowest BCUT2D eigenvalue weighted by Gasteiger charge is -2.47. The zero-order valence-corrected chi connectivity index (χ0v) is 25.4. The molecule has 1 atom stereocenters. The molecule has 1 aromatic carbocycles. The number of amides is 1. The van der Waals surface area contributed by atoms with Crippen molar-refractivity contribution < 1.29 is 14.7 Å². The normalized spacial score (nSPS) is 25.6. The number of carboxylic acid groups (broad SMARTS) is 1. The van der Waals surface area contributed by atoms with Crippen LogP contribution in [0.3, 0.4) is 0 Å². The minimum absolute atomic E-state index is 0.0542. The molecule has 2 aliphatic carbocycles. The molecule has 1 spiro atoms. The van der Waals surface area contributed by atoms with Crippen molar-refractivity contribution in [3.63, 3.8) is 0 Å². The zero-order chi connectivity index (χ0) is 28.6. The van der Waals surface area contributed by atoms with Crippen LogP contribution in [-0.2, 0) is 4.79 Å². The largest absolute Gasteiger partial charge is 0.478 e. The second-order valence-electron chi connectivity index (χ2n) is 14.7. The molecule has 0 bridgehead atoms. The summed E-state index contributed by atoms with van der Waals surface area (Å²) in [4.78, 5) is 35.8. The Bertz CT molecular complexity index is 1050. The first-order valence-electron chi connectivity index (χ1n) is 15.2. The van der Waals surface area contributed by atoms with E-state index >= 15 is 0 Å². The predicted octanol–water partition coefficient (Wildman–Crippen LogP) is 7.69. The van der Waals surface area contributed by atoms with Gasteiger partial charge in [0.05, 0.1) is 11.6 Å². The zero-order valence-electron chi connectivity index (χ0n) is 25.4. The Morgan fingerprint density at radius 2 is 1.62 bits per heavy atom. The van der Waals surface area contributed by atoms with Gasteiger partial charge in [0.2, 0.25) is 0 Å². The smallest absolute Gasteiger partial charge is 0.335 e. The molecular formula is C33H51N3O3. The molecule has 3 aliphatic rings. The van der Waals surface area contributed by atoms with Gasteiger partial charge in [-0.3, -0.25) is 4.79 Å². The van der Waals surface area contributed by atoms with E-state index in [4.69, 9.17) is 4.99 Å². The fourth-order valence-electron chi connectivity index (χ4n) is 7.06. The first kappa shape index (κ1) is 29.6. The lowest BCUT2D eigenvalue weighted by Crippen LogP contribution is -2.52. The Balaban J connectivity index is 1.74. The maximum absolute atomic E-state index is 14.5. The Labute approximate surface area is 236 Å². The topological polar surface area (TPSA) is 73.2 Å². The Kier molecular flexibility index (Phi) is 8.54. The lowest BCUT2D eigenvalue weighted by atomic mass is 9.69. The average molecular weight is 538 g/mol. The third-order valence-electron chi connectivity index (χ3n) is 9.66. The van der Waals surface area contributed by atoms with Crippen LogP contribution in [0.1, 0.15) is 134 Å². The monoisotopic (exact) mass is 537 g/mol. The fraction of sp³-hybridized carbons (Fsp3) is 0.727. The molecule has 1 aliphatic heterocycles. The van der Waals surface area contributed by atoms with Crippen LogP contribution in [0.4, 0.5) is 0 Å². The summed E-state index contributed by atoms with van der Waals surface area (Å²) >= 11 is 0. The quantitative estimate of drug-likeness (QED) is 0.404. The molecule has 1 heterocycles. The molecule has 6 heteroatoms. The maximum atomic E-state index is 14.5. The molecule has 0 unspecified atom stereocenters. The highest BCUT2D eigenvalue weighted by Gasteiger charge is 2.53. The third kappa shape index (κ3) is 6.52. The summed E-state index contributed by atoms with van der Waals surface area (Å²) in [6.07, 6.45) is 11.6. The Morgan fingerprint density at radius 3 is 2.13 bits per heavy atom. The first-order valence-corrected chi connectivity index (χ1v) is 15.2. The van der Waals surface area contributed by atoms with Gasteiger partial charge in [-0.25, -0.2) is 9.79 Å². The fourth-order valence-corrected chi connectivity index (χ4v) is 7.06. The minimum Gasteiger partial charge on any atom is -0.478 e. The highest BCUT2D eigenvalue weighted by atomic mass is 16.4. The molecule has 216 valence electrons. The summed E-state index contributed by atoms with van der Waals surface area (Å²) in [5.41, 5.74) is 1.09. The Morgan fingerprint density at radius 1 is 1.03 bits per heavy atom. The van der Waals surface area contributed by atoms with Crippen molar-refractivity contribution in [3.05, 3.63) is 35.4 Å². The van der Waals surface area contributed by atoms with E-state index < -0.39 is 11.6 Å². The predicted molar refractivity (Wildman–Crippen MR) is 158 cm³/mol. The second-order valence-corrected chi connectivity index (χ2v) is 14.7. The molecule has 2 fully saturated rings. The number of rotatable bonds is 6. The third-order valence-corrected chi connectivity index (χ3v) is 9.66. The number of carbonyl (C=O) groups is 2. The summed E-state index contributed by atoms with van der Waals surface area (Å²) < 4.78 is 0. The summed E-state index contributed by atoms with van der Waals surface area (Å²) in [6, 6.07) is 7.42. The number of amidine groups is 1. The number of aliphatic imine (C=N–C) groups is 1. The van der Waals surface area contributed by atoms with Gasteiger partial charge >= 0.3 is 5.97 Å².